The van der Waals surface area contributed by atoms with Gasteiger partial charge in [-0.05, 0) is 37.1 Å². The number of carbonyl (C=O) groups is 1. The summed E-state index contributed by atoms with van der Waals surface area (Å²) in [6.45, 7) is 0.690. The number of halogens is 1. The predicted octanol–water partition coefficient (Wildman–Crippen LogP) is 2.58. The standard InChI is InChI=1S/C17H17FN4O2/c18-11-1-5-14(6-2-11)24-15-7-8-19-17(21-15)20-12-9-16(23)22(10-12)13-3-4-13/h1-2,5-8,12-13H,3-4,9-10H2,(H,19,20,21). The maximum absolute atomic E-state index is 12.9. The average molecular weight is 328 g/mol. The molecule has 1 amide bonds. The zero-order valence-electron chi connectivity index (χ0n) is 13.0. The molecule has 1 saturated heterocycles. The van der Waals surface area contributed by atoms with Crippen LogP contribution in [-0.4, -0.2) is 39.4 Å². The topological polar surface area (TPSA) is 67.3 Å². The molecule has 0 bridgehead atoms. The van der Waals surface area contributed by atoms with E-state index >= 15 is 0 Å². The minimum atomic E-state index is -0.321. The minimum absolute atomic E-state index is 0.0131. The van der Waals surface area contributed by atoms with E-state index in [0.29, 0.717) is 36.6 Å². The molecule has 7 heteroatoms. The zero-order valence-corrected chi connectivity index (χ0v) is 13.0. The summed E-state index contributed by atoms with van der Waals surface area (Å²) in [7, 11) is 0. The van der Waals surface area contributed by atoms with Gasteiger partial charge in [0.15, 0.2) is 0 Å². The van der Waals surface area contributed by atoms with E-state index in [1.54, 1.807) is 12.3 Å². The number of hydrogen-bond acceptors (Lipinski definition) is 5. The Kier molecular flexibility index (Phi) is 3.76. The Morgan fingerprint density at radius 2 is 2.00 bits per heavy atom. The highest BCUT2D eigenvalue weighted by Crippen LogP contribution is 2.31. The third-order valence-electron chi connectivity index (χ3n) is 4.15. The molecular formula is C17H17FN4O2. The van der Waals surface area contributed by atoms with Crippen LogP contribution in [0.1, 0.15) is 19.3 Å². The van der Waals surface area contributed by atoms with E-state index in [2.05, 4.69) is 15.3 Å². The fraction of sp³-hybridized carbons (Fsp3) is 0.353. The number of hydrogen-bond donors (Lipinski definition) is 1. The Hall–Kier alpha value is -2.70. The highest BCUT2D eigenvalue weighted by Gasteiger charge is 2.39. The van der Waals surface area contributed by atoms with Gasteiger partial charge in [0.25, 0.3) is 0 Å². The predicted molar refractivity (Wildman–Crippen MR) is 85.3 cm³/mol. The molecule has 2 fully saturated rings. The number of likely N-dealkylation sites (tertiary alicyclic amines) is 1. The number of carbonyl (C=O) groups excluding carboxylic acids is 1. The molecule has 1 aliphatic carbocycles. The minimum Gasteiger partial charge on any atom is -0.439 e. The molecule has 0 radical (unpaired) electrons. The Morgan fingerprint density at radius 3 is 2.75 bits per heavy atom. The first-order valence-corrected chi connectivity index (χ1v) is 8.00. The fourth-order valence-corrected chi connectivity index (χ4v) is 2.84. The Balaban J connectivity index is 1.41. The lowest BCUT2D eigenvalue weighted by Crippen LogP contribution is -2.30. The van der Waals surface area contributed by atoms with Crippen LogP contribution in [0.25, 0.3) is 0 Å². The number of nitrogens with zero attached hydrogens (tertiary/aromatic N) is 3. The number of rotatable bonds is 5. The number of nitrogens with one attached hydrogen (secondary N) is 1. The number of aromatic nitrogens is 2. The van der Waals surface area contributed by atoms with Crippen molar-refractivity contribution in [1.29, 1.82) is 0 Å². The van der Waals surface area contributed by atoms with E-state index in [-0.39, 0.29) is 17.8 Å². The third kappa shape index (κ3) is 3.29. The van der Waals surface area contributed by atoms with Crippen molar-refractivity contribution in [2.45, 2.75) is 31.3 Å². The van der Waals surface area contributed by atoms with Crippen LogP contribution in [0.4, 0.5) is 10.3 Å². The lowest BCUT2D eigenvalue weighted by Gasteiger charge is -2.16. The molecule has 124 valence electrons. The van der Waals surface area contributed by atoms with Crippen LogP contribution in [0, 0.1) is 5.82 Å². The second-order valence-corrected chi connectivity index (χ2v) is 6.10. The number of amides is 1. The molecule has 1 aromatic heterocycles. The molecule has 1 aliphatic heterocycles. The fourth-order valence-electron chi connectivity index (χ4n) is 2.84. The lowest BCUT2D eigenvalue weighted by molar-refractivity contribution is -0.128. The summed E-state index contributed by atoms with van der Waals surface area (Å²) < 4.78 is 18.5. The Bertz CT molecular complexity index is 749. The molecule has 1 unspecified atom stereocenters. The molecule has 4 rings (SSSR count). The van der Waals surface area contributed by atoms with Crippen molar-refractivity contribution in [3.05, 3.63) is 42.3 Å². The van der Waals surface area contributed by atoms with E-state index in [0.717, 1.165) is 12.8 Å². The monoisotopic (exact) mass is 328 g/mol. The van der Waals surface area contributed by atoms with Crippen molar-refractivity contribution in [3.63, 3.8) is 0 Å². The molecule has 2 heterocycles. The summed E-state index contributed by atoms with van der Waals surface area (Å²) in [6, 6.07) is 7.79. The maximum Gasteiger partial charge on any atom is 0.226 e. The molecule has 0 spiro atoms. The van der Waals surface area contributed by atoms with Crippen molar-refractivity contribution in [3.8, 4) is 11.6 Å². The van der Waals surface area contributed by atoms with Crippen LogP contribution in [-0.2, 0) is 4.79 Å². The van der Waals surface area contributed by atoms with Gasteiger partial charge >= 0.3 is 0 Å². The Morgan fingerprint density at radius 1 is 1.21 bits per heavy atom. The molecule has 1 aromatic carbocycles. The quantitative estimate of drug-likeness (QED) is 0.914. The van der Waals surface area contributed by atoms with Gasteiger partial charge in [-0.25, -0.2) is 9.37 Å². The summed E-state index contributed by atoms with van der Waals surface area (Å²) >= 11 is 0. The van der Waals surface area contributed by atoms with Crippen LogP contribution >= 0.6 is 0 Å². The third-order valence-corrected chi connectivity index (χ3v) is 4.15. The molecule has 2 aromatic rings. The van der Waals surface area contributed by atoms with E-state index in [9.17, 15) is 9.18 Å². The first kappa shape index (κ1) is 14.9. The summed E-state index contributed by atoms with van der Waals surface area (Å²) in [5.74, 6) is 1.15. The van der Waals surface area contributed by atoms with Crippen molar-refractivity contribution in [2.24, 2.45) is 0 Å². The summed E-state index contributed by atoms with van der Waals surface area (Å²) in [6.07, 6.45) is 4.26. The van der Waals surface area contributed by atoms with E-state index in [1.165, 1.54) is 24.3 Å². The van der Waals surface area contributed by atoms with Crippen molar-refractivity contribution < 1.29 is 13.9 Å². The normalized spacial score (nSPS) is 20.3. The molecule has 6 nitrogen and oxygen atoms in total. The molecular weight excluding hydrogens is 311 g/mol. The van der Waals surface area contributed by atoms with Gasteiger partial charge in [0.2, 0.25) is 17.7 Å². The SMILES string of the molecule is O=C1CC(Nc2nccc(Oc3ccc(F)cc3)n2)CN1C1CC1. The zero-order chi connectivity index (χ0) is 16.5. The van der Waals surface area contributed by atoms with Gasteiger partial charge < -0.3 is 15.0 Å². The second kappa shape index (κ2) is 6.07. The van der Waals surface area contributed by atoms with Crippen LogP contribution in [0.2, 0.25) is 0 Å². The van der Waals surface area contributed by atoms with Crippen LogP contribution in [0.15, 0.2) is 36.5 Å². The molecule has 1 N–H and O–H groups in total. The van der Waals surface area contributed by atoms with Crippen molar-refractivity contribution >= 4 is 11.9 Å². The van der Waals surface area contributed by atoms with Crippen molar-refractivity contribution in [2.75, 3.05) is 11.9 Å². The highest BCUT2D eigenvalue weighted by atomic mass is 19.1. The van der Waals surface area contributed by atoms with Gasteiger partial charge in [-0.3, -0.25) is 4.79 Å². The van der Waals surface area contributed by atoms with Crippen molar-refractivity contribution in [1.82, 2.24) is 14.9 Å². The van der Waals surface area contributed by atoms with Gasteiger partial charge in [0.1, 0.15) is 11.6 Å². The van der Waals surface area contributed by atoms with Crippen LogP contribution in [0.5, 0.6) is 11.6 Å². The van der Waals surface area contributed by atoms with Gasteiger partial charge in [0, 0.05) is 31.3 Å². The molecule has 24 heavy (non-hydrogen) atoms. The summed E-state index contributed by atoms with van der Waals surface area (Å²) in [5, 5.41) is 3.19. The number of benzene rings is 1. The molecule has 1 atom stereocenters. The Labute approximate surface area is 138 Å². The maximum atomic E-state index is 12.9. The highest BCUT2D eigenvalue weighted by molar-refractivity contribution is 5.80. The van der Waals surface area contributed by atoms with E-state index in [4.69, 9.17) is 4.74 Å². The van der Waals surface area contributed by atoms with Gasteiger partial charge in [-0.1, -0.05) is 0 Å². The van der Waals surface area contributed by atoms with E-state index in [1.807, 2.05) is 4.90 Å². The largest absolute Gasteiger partial charge is 0.439 e. The van der Waals surface area contributed by atoms with E-state index < -0.39 is 0 Å². The van der Waals surface area contributed by atoms with Gasteiger partial charge in [-0.15, -0.1) is 0 Å². The summed E-state index contributed by atoms with van der Waals surface area (Å²) in [4.78, 5) is 22.4. The molecule has 1 saturated carbocycles. The first-order chi connectivity index (χ1) is 11.7. The molecule has 2 aliphatic rings. The second-order valence-electron chi connectivity index (χ2n) is 6.10. The lowest BCUT2D eigenvalue weighted by atomic mass is 10.2. The number of ether oxygens (including phenoxy) is 1. The number of anilines is 1. The smallest absolute Gasteiger partial charge is 0.226 e. The van der Waals surface area contributed by atoms with Crippen LogP contribution in [0.3, 0.4) is 0 Å². The summed E-state index contributed by atoms with van der Waals surface area (Å²) in [5.41, 5.74) is 0. The van der Waals surface area contributed by atoms with Gasteiger partial charge in [0.05, 0.1) is 6.04 Å². The van der Waals surface area contributed by atoms with Gasteiger partial charge in [-0.2, -0.15) is 4.98 Å². The average Bonchev–Trinajstić information content (AvgIpc) is 3.34. The van der Waals surface area contributed by atoms with Crippen LogP contribution < -0.4 is 10.1 Å². The first-order valence-electron chi connectivity index (χ1n) is 8.00.